The highest BCUT2D eigenvalue weighted by molar-refractivity contribution is 6.39. The minimum atomic E-state index is -4.66. The van der Waals surface area contributed by atoms with E-state index >= 15 is 0 Å². The van der Waals surface area contributed by atoms with Crippen LogP contribution in [0.1, 0.15) is 12.5 Å². The summed E-state index contributed by atoms with van der Waals surface area (Å²) in [7, 11) is 1.34. The molecule has 1 aromatic carbocycles. The monoisotopic (exact) mass is 334 g/mol. The lowest BCUT2D eigenvalue weighted by Gasteiger charge is -2.22. The normalized spacial score (nSPS) is 14.0. The number of amides is 2. The topological polar surface area (TPSA) is 87.7 Å². The van der Waals surface area contributed by atoms with E-state index in [9.17, 15) is 27.9 Å². The zero-order valence-corrected chi connectivity index (χ0v) is 12.5. The van der Waals surface area contributed by atoms with Crippen molar-refractivity contribution in [3.05, 3.63) is 29.8 Å². The lowest BCUT2D eigenvalue weighted by molar-refractivity contribution is -0.138. The van der Waals surface area contributed by atoms with Gasteiger partial charge in [-0.2, -0.15) is 13.2 Å². The standard InChI is InChI=1S/C14H17F3N2O4/c1-13(22,8-23-2)7-18-11(20)12(21)19-10-6-4-3-5-9(10)14(15,16)17/h3-6,22H,7-8H2,1-2H3,(H,18,20)(H,19,21). The minimum Gasteiger partial charge on any atom is -0.386 e. The van der Waals surface area contributed by atoms with Crippen molar-refractivity contribution in [2.24, 2.45) is 0 Å². The molecule has 128 valence electrons. The fourth-order valence-electron chi connectivity index (χ4n) is 1.73. The molecule has 0 aliphatic heterocycles. The van der Waals surface area contributed by atoms with Gasteiger partial charge in [0, 0.05) is 13.7 Å². The third kappa shape index (κ3) is 5.87. The average Bonchev–Trinajstić information content (AvgIpc) is 2.44. The highest BCUT2D eigenvalue weighted by Crippen LogP contribution is 2.34. The van der Waals surface area contributed by atoms with Crippen LogP contribution >= 0.6 is 0 Å². The molecule has 6 nitrogen and oxygen atoms in total. The maximum Gasteiger partial charge on any atom is 0.418 e. The first kappa shape index (κ1) is 18.9. The van der Waals surface area contributed by atoms with Gasteiger partial charge in [0.15, 0.2) is 0 Å². The number of alkyl halides is 3. The van der Waals surface area contributed by atoms with Crippen LogP contribution < -0.4 is 10.6 Å². The van der Waals surface area contributed by atoms with Crippen LogP contribution in [-0.2, 0) is 20.5 Å². The molecule has 0 radical (unpaired) electrons. The number of carbonyl (C=O) groups excluding carboxylic acids is 2. The van der Waals surface area contributed by atoms with Gasteiger partial charge < -0.3 is 20.5 Å². The zero-order chi connectivity index (χ0) is 17.7. The van der Waals surface area contributed by atoms with Crippen molar-refractivity contribution in [2.45, 2.75) is 18.7 Å². The van der Waals surface area contributed by atoms with Gasteiger partial charge in [-0.1, -0.05) is 12.1 Å². The molecule has 0 fully saturated rings. The summed E-state index contributed by atoms with van der Waals surface area (Å²) >= 11 is 0. The lowest BCUT2D eigenvalue weighted by Crippen LogP contribution is -2.46. The SMILES string of the molecule is COCC(C)(O)CNC(=O)C(=O)Nc1ccccc1C(F)(F)F. The maximum atomic E-state index is 12.8. The molecule has 0 saturated carbocycles. The summed E-state index contributed by atoms with van der Waals surface area (Å²) in [5, 5.41) is 13.8. The van der Waals surface area contributed by atoms with Gasteiger partial charge in [0.25, 0.3) is 0 Å². The van der Waals surface area contributed by atoms with Gasteiger partial charge >= 0.3 is 18.0 Å². The van der Waals surface area contributed by atoms with Crippen molar-refractivity contribution < 1.29 is 32.6 Å². The number of carbonyl (C=O) groups is 2. The Bertz CT molecular complexity index is 573. The summed E-state index contributed by atoms with van der Waals surface area (Å²) in [6.07, 6.45) is -4.66. The highest BCUT2D eigenvalue weighted by atomic mass is 19.4. The molecule has 1 aromatic rings. The van der Waals surface area contributed by atoms with Crippen molar-refractivity contribution in [1.29, 1.82) is 0 Å². The van der Waals surface area contributed by atoms with E-state index in [1.807, 2.05) is 5.32 Å². The van der Waals surface area contributed by atoms with Gasteiger partial charge in [-0.3, -0.25) is 9.59 Å². The molecule has 1 unspecified atom stereocenters. The quantitative estimate of drug-likeness (QED) is 0.705. The number of anilines is 1. The summed E-state index contributed by atoms with van der Waals surface area (Å²) in [5.74, 6) is -2.44. The Hall–Kier alpha value is -2.13. The van der Waals surface area contributed by atoms with E-state index in [1.54, 1.807) is 0 Å². The second-order valence-electron chi connectivity index (χ2n) is 5.11. The molecule has 1 rings (SSSR count). The van der Waals surface area contributed by atoms with Crippen LogP contribution in [-0.4, -0.2) is 42.8 Å². The molecule has 0 spiro atoms. The Kier molecular flexibility index (Phi) is 6.11. The molecular weight excluding hydrogens is 317 g/mol. The van der Waals surface area contributed by atoms with E-state index in [1.165, 1.54) is 26.2 Å². The van der Waals surface area contributed by atoms with Gasteiger partial charge in [-0.05, 0) is 19.1 Å². The first-order chi connectivity index (χ1) is 10.6. The van der Waals surface area contributed by atoms with Crippen molar-refractivity contribution in [2.75, 3.05) is 25.6 Å². The predicted octanol–water partition coefficient (Wildman–Crippen LogP) is 1.16. The Labute approximate surface area is 130 Å². The lowest BCUT2D eigenvalue weighted by atomic mass is 10.1. The van der Waals surface area contributed by atoms with Gasteiger partial charge in [0.05, 0.1) is 17.9 Å². The van der Waals surface area contributed by atoms with Crippen molar-refractivity contribution in [1.82, 2.24) is 5.32 Å². The van der Waals surface area contributed by atoms with Gasteiger partial charge in [-0.15, -0.1) is 0 Å². The molecule has 0 aromatic heterocycles. The average molecular weight is 334 g/mol. The number of hydrogen-bond donors (Lipinski definition) is 3. The number of hydrogen-bond acceptors (Lipinski definition) is 4. The fraction of sp³-hybridized carbons (Fsp3) is 0.429. The first-order valence-corrected chi connectivity index (χ1v) is 6.53. The molecule has 0 bridgehead atoms. The van der Waals surface area contributed by atoms with Crippen LogP contribution in [0.3, 0.4) is 0 Å². The largest absolute Gasteiger partial charge is 0.418 e. The fourth-order valence-corrected chi connectivity index (χ4v) is 1.73. The number of ether oxygens (including phenoxy) is 1. The Morgan fingerprint density at radius 2 is 1.83 bits per heavy atom. The van der Waals surface area contributed by atoms with Crippen LogP contribution in [0.15, 0.2) is 24.3 Å². The molecule has 0 aliphatic rings. The third-order valence-corrected chi connectivity index (χ3v) is 2.77. The number of aliphatic hydroxyl groups is 1. The zero-order valence-electron chi connectivity index (χ0n) is 12.5. The Morgan fingerprint density at radius 3 is 2.39 bits per heavy atom. The van der Waals surface area contributed by atoms with E-state index < -0.39 is 34.8 Å². The van der Waals surface area contributed by atoms with Crippen molar-refractivity contribution >= 4 is 17.5 Å². The number of nitrogens with one attached hydrogen (secondary N) is 2. The van der Waals surface area contributed by atoms with Crippen molar-refractivity contribution in [3.63, 3.8) is 0 Å². The molecule has 2 amide bonds. The molecule has 0 heterocycles. The highest BCUT2D eigenvalue weighted by Gasteiger charge is 2.34. The molecule has 1 atom stereocenters. The predicted molar refractivity (Wildman–Crippen MR) is 75.6 cm³/mol. The molecule has 0 aliphatic carbocycles. The smallest absolute Gasteiger partial charge is 0.386 e. The van der Waals surface area contributed by atoms with E-state index in [4.69, 9.17) is 4.74 Å². The van der Waals surface area contributed by atoms with Gasteiger partial charge in [-0.25, -0.2) is 0 Å². The molecule has 23 heavy (non-hydrogen) atoms. The second-order valence-corrected chi connectivity index (χ2v) is 5.11. The Balaban J connectivity index is 2.72. The maximum absolute atomic E-state index is 12.8. The van der Waals surface area contributed by atoms with Crippen LogP contribution in [0.5, 0.6) is 0 Å². The van der Waals surface area contributed by atoms with E-state index in [0.29, 0.717) is 0 Å². The van der Waals surface area contributed by atoms with E-state index in [0.717, 1.165) is 12.1 Å². The van der Waals surface area contributed by atoms with Gasteiger partial charge in [0.2, 0.25) is 0 Å². The van der Waals surface area contributed by atoms with Crippen molar-refractivity contribution in [3.8, 4) is 0 Å². The Morgan fingerprint density at radius 1 is 1.22 bits per heavy atom. The van der Waals surface area contributed by atoms with Crippen LogP contribution in [0.2, 0.25) is 0 Å². The number of benzene rings is 1. The van der Waals surface area contributed by atoms with E-state index in [-0.39, 0.29) is 13.2 Å². The minimum absolute atomic E-state index is 0.0915. The van der Waals surface area contributed by atoms with Crippen LogP contribution in [0.4, 0.5) is 18.9 Å². The number of halogens is 3. The molecule has 0 saturated heterocycles. The van der Waals surface area contributed by atoms with Crippen LogP contribution in [0.25, 0.3) is 0 Å². The summed E-state index contributed by atoms with van der Waals surface area (Å²) in [6.45, 7) is 0.980. The van der Waals surface area contributed by atoms with E-state index in [2.05, 4.69) is 5.32 Å². The summed E-state index contributed by atoms with van der Waals surface area (Å²) in [6, 6.07) is 4.29. The summed E-state index contributed by atoms with van der Waals surface area (Å²) in [4.78, 5) is 23.3. The second kappa shape index (κ2) is 7.42. The molecule has 9 heteroatoms. The van der Waals surface area contributed by atoms with Crippen LogP contribution in [0, 0.1) is 0 Å². The number of para-hydroxylation sites is 1. The molecular formula is C14H17F3N2O4. The van der Waals surface area contributed by atoms with Gasteiger partial charge in [0.1, 0.15) is 5.60 Å². The summed E-state index contributed by atoms with van der Waals surface area (Å²) in [5.41, 5.74) is -2.99. The molecule has 3 N–H and O–H groups in total. The summed E-state index contributed by atoms with van der Waals surface area (Å²) < 4.78 is 43.1. The number of rotatable bonds is 5. The third-order valence-electron chi connectivity index (χ3n) is 2.77. The first-order valence-electron chi connectivity index (χ1n) is 6.53. The number of methoxy groups -OCH3 is 1.